The average molecular weight is 236 g/mol. The Morgan fingerprint density at radius 2 is 1.47 bits per heavy atom. The van der Waals surface area contributed by atoms with E-state index in [2.05, 4.69) is 10.6 Å². The van der Waals surface area contributed by atoms with Gasteiger partial charge in [-0.3, -0.25) is 0 Å². The second kappa shape index (κ2) is 5.71. The molecule has 98 valence electrons. The molecule has 3 rings (SSSR count). The normalized spacial score (nSPS) is 25.9. The molecule has 0 radical (unpaired) electrons. The number of hydrogen-bond acceptors (Lipinski definition) is 2. The van der Waals surface area contributed by atoms with Crippen molar-refractivity contribution in [1.29, 1.82) is 0 Å². The molecule has 2 heteroatoms. The van der Waals surface area contributed by atoms with Gasteiger partial charge in [-0.1, -0.05) is 12.8 Å². The Hall–Kier alpha value is -0.0800. The van der Waals surface area contributed by atoms with Crippen LogP contribution in [-0.2, 0) is 0 Å². The molecule has 0 saturated heterocycles. The molecule has 0 amide bonds. The van der Waals surface area contributed by atoms with Crippen molar-refractivity contribution in [3.63, 3.8) is 0 Å². The van der Waals surface area contributed by atoms with Crippen molar-refractivity contribution in [2.45, 2.75) is 57.4 Å². The summed E-state index contributed by atoms with van der Waals surface area (Å²) in [5, 5.41) is 7.37. The Balaban J connectivity index is 1.24. The van der Waals surface area contributed by atoms with Crippen molar-refractivity contribution in [1.82, 2.24) is 10.6 Å². The van der Waals surface area contributed by atoms with E-state index < -0.39 is 0 Å². The summed E-state index contributed by atoms with van der Waals surface area (Å²) in [6.45, 7) is 3.64. The van der Waals surface area contributed by atoms with Crippen molar-refractivity contribution >= 4 is 0 Å². The van der Waals surface area contributed by atoms with Gasteiger partial charge in [0.1, 0.15) is 0 Å². The molecule has 0 bridgehead atoms. The van der Waals surface area contributed by atoms with Crippen LogP contribution in [-0.4, -0.2) is 25.7 Å². The third-order valence-electron chi connectivity index (χ3n) is 4.93. The Morgan fingerprint density at radius 3 is 2.06 bits per heavy atom. The maximum atomic E-state index is 3.69. The van der Waals surface area contributed by atoms with Crippen molar-refractivity contribution in [2.24, 2.45) is 17.8 Å². The lowest BCUT2D eigenvalue weighted by Crippen LogP contribution is -2.35. The monoisotopic (exact) mass is 236 g/mol. The average Bonchev–Trinajstić information content (AvgIpc) is 3.25. The zero-order valence-electron chi connectivity index (χ0n) is 11.1. The van der Waals surface area contributed by atoms with Crippen LogP contribution < -0.4 is 10.6 Å². The molecule has 3 saturated carbocycles. The zero-order valence-corrected chi connectivity index (χ0v) is 11.1. The minimum absolute atomic E-state index is 0.833. The van der Waals surface area contributed by atoms with Gasteiger partial charge in [0, 0.05) is 19.1 Å². The van der Waals surface area contributed by atoms with Crippen LogP contribution >= 0.6 is 0 Å². The van der Waals surface area contributed by atoms with E-state index in [1.807, 2.05) is 0 Å². The van der Waals surface area contributed by atoms with Gasteiger partial charge in [0.2, 0.25) is 0 Å². The van der Waals surface area contributed by atoms with Crippen LogP contribution in [0.1, 0.15) is 51.4 Å². The number of nitrogens with one attached hydrogen (secondary N) is 2. The van der Waals surface area contributed by atoms with E-state index in [-0.39, 0.29) is 0 Å². The van der Waals surface area contributed by atoms with Crippen molar-refractivity contribution < 1.29 is 0 Å². The van der Waals surface area contributed by atoms with Gasteiger partial charge in [0.05, 0.1) is 0 Å². The highest BCUT2D eigenvalue weighted by atomic mass is 15.0. The van der Waals surface area contributed by atoms with Crippen LogP contribution in [0.25, 0.3) is 0 Å². The highest BCUT2D eigenvalue weighted by molar-refractivity contribution is 4.92. The lowest BCUT2D eigenvalue weighted by Gasteiger charge is -2.17. The number of hydrogen-bond donors (Lipinski definition) is 2. The summed E-state index contributed by atoms with van der Waals surface area (Å²) in [5.41, 5.74) is 0. The summed E-state index contributed by atoms with van der Waals surface area (Å²) in [5.74, 6) is 3.22. The fourth-order valence-electron chi connectivity index (χ4n) is 3.53. The van der Waals surface area contributed by atoms with Crippen LogP contribution in [0, 0.1) is 17.8 Å². The molecule has 3 aliphatic carbocycles. The topological polar surface area (TPSA) is 24.1 Å². The molecule has 3 fully saturated rings. The van der Waals surface area contributed by atoms with Crippen LogP contribution in [0.2, 0.25) is 0 Å². The molecule has 0 aromatic carbocycles. The summed E-state index contributed by atoms with van der Waals surface area (Å²) in [7, 11) is 0. The second-order valence-corrected chi connectivity index (χ2v) is 6.48. The standard InChI is InChI=1S/C15H28N2/c1-2-4-14(3-1)17-10-9-16-11-15(12-5-6-12)13-7-8-13/h12-17H,1-11H2. The predicted octanol–water partition coefficient (Wildman–Crippen LogP) is 2.54. The molecule has 0 aromatic rings. The lowest BCUT2D eigenvalue weighted by molar-refractivity contribution is 0.376. The molecule has 0 aromatic heterocycles. The van der Waals surface area contributed by atoms with E-state index in [0.717, 1.165) is 23.8 Å². The lowest BCUT2D eigenvalue weighted by atomic mass is 9.98. The van der Waals surface area contributed by atoms with Crippen LogP contribution in [0.5, 0.6) is 0 Å². The Kier molecular flexibility index (Phi) is 4.02. The molecular formula is C15H28N2. The fourth-order valence-corrected chi connectivity index (χ4v) is 3.53. The van der Waals surface area contributed by atoms with Gasteiger partial charge in [-0.05, 0) is 62.8 Å². The van der Waals surface area contributed by atoms with Gasteiger partial charge in [-0.25, -0.2) is 0 Å². The first-order valence-electron chi connectivity index (χ1n) is 7.87. The van der Waals surface area contributed by atoms with Gasteiger partial charge < -0.3 is 10.6 Å². The van der Waals surface area contributed by atoms with E-state index in [1.54, 1.807) is 0 Å². The molecule has 2 N–H and O–H groups in total. The fraction of sp³-hybridized carbons (Fsp3) is 1.00. The predicted molar refractivity (Wildman–Crippen MR) is 72.1 cm³/mol. The molecule has 0 spiro atoms. The van der Waals surface area contributed by atoms with E-state index in [9.17, 15) is 0 Å². The highest BCUT2D eigenvalue weighted by Gasteiger charge is 2.40. The molecule has 0 atom stereocenters. The minimum Gasteiger partial charge on any atom is -0.315 e. The van der Waals surface area contributed by atoms with Crippen LogP contribution in [0.15, 0.2) is 0 Å². The first kappa shape index (κ1) is 12.0. The van der Waals surface area contributed by atoms with Crippen molar-refractivity contribution in [3.8, 4) is 0 Å². The molecule has 3 aliphatic rings. The molecule has 0 unspecified atom stereocenters. The van der Waals surface area contributed by atoms with E-state index >= 15 is 0 Å². The van der Waals surface area contributed by atoms with Gasteiger partial charge in [0.25, 0.3) is 0 Å². The van der Waals surface area contributed by atoms with E-state index in [0.29, 0.717) is 0 Å². The number of rotatable bonds is 8. The van der Waals surface area contributed by atoms with Crippen molar-refractivity contribution in [3.05, 3.63) is 0 Å². The smallest absolute Gasteiger partial charge is 0.00793 e. The molecular weight excluding hydrogens is 208 g/mol. The first-order chi connectivity index (χ1) is 8.43. The summed E-state index contributed by atoms with van der Waals surface area (Å²) in [4.78, 5) is 0. The van der Waals surface area contributed by atoms with E-state index in [1.165, 1.54) is 71.0 Å². The zero-order chi connectivity index (χ0) is 11.5. The van der Waals surface area contributed by atoms with Gasteiger partial charge in [-0.2, -0.15) is 0 Å². The quantitative estimate of drug-likeness (QED) is 0.633. The molecule has 0 aliphatic heterocycles. The summed E-state index contributed by atoms with van der Waals surface area (Å²) >= 11 is 0. The summed E-state index contributed by atoms with van der Waals surface area (Å²) in [6.07, 6.45) is 11.8. The molecule has 2 nitrogen and oxygen atoms in total. The van der Waals surface area contributed by atoms with Gasteiger partial charge >= 0.3 is 0 Å². The molecule has 0 heterocycles. The highest BCUT2D eigenvalue weighted by Crippen LogP contribution is 2.48. The third-order valence-corrected chi connectivity index (χ3v) is 4.93. The minimum atomic E-state index is 0.833. The van der Waals surface area contributed by atoms with Crippen LogP contribution in [0.4, 0.5) is 0 Å². The SMILES string of the molecule is C1CCC(NCCNCC(C2CC2)C2CC2)C1. The summed E-state index contributed by atoms with van der Waals surface area (Å²) < 4.78 is 0. The Labute approximate surface area is 106 Å². The largest absolute Gasteiger partial charge is 0.315 e. The Bertz CT molecular complexity index is 215. The second-order valence-electron chi connectivity index (χ2n) is 6.48. The van der Waals surface area contributed by atoms with Crippen LogP contribution in [0.3, 0.4) is 0 Å². The first-order valence-corrected chi connectivity index (χ1v) is 7.87. The maximum Gasteiger partial charge on any atom is 0.00793 e. The maximum absolute atomic E-state index is 3.69. The molecule has 17 heavy (non-hydrogen) atoms. The van der Waals surface area contributed by atoms with Crippen molar-refractivity contribution in [2.75, 3.05) is 19.6 Å². The van der Waals surface area contributed by atoms with Gasteiger partial charge in [0.15, 0.2) is 0 Å². The third kappa shape index (κ3) is 3.69. The van der Waals surface area contributed by atoms with E-state index in [4.69, 9.17) is 0 Å². The van der Waals surface area contributed by atoms with Gasteiger partial charge in [-0.15, -0.1) is 0 Å². The summed E-state index contributed by atoms with van der Waals surface area (Å²) in [6, 6.07) is 0.833. The Morgan fingerprint density at radius 1 is 0.824 bits per heavy atom.